The molecule has 1 aromatic carbocycles. The molecule has 2 saturated heterocycles. The van der Waals surface area contributed by atoms with Crippen LogP contribution in [0, 0.1) is 17.7 Å². The summed E-state index contributed by atoms with van der Waals surface area (Å²) < 4.78 is 13.6. The first-order valence-corrected chi connectivity index (χ1v) is 9.67. The number of hydrogen-bond acceptors (Lipinski definition) is 4. The smallest absolute Gasteiger partial charge is 0.243 e. The Morgan fingerprint density at radius 1 is 1.14 bits per heavy atom. The van der Waals surface area contributed by atoms with Crippen LogP contribution in [0.4, 0.5) is 4.39 Å². The number of likely N-dealkylation sites (tertiary alicyclic amines) is 1. The highest BCUT2D eigenvalue weighted by Crippen LogP contribution is 2.38. The third kappa shape index (κ3) is 3.78. The van der Waals surface area contributed by atoms with E-state index in [-0.39, 0.29) is 60.4 Å². The van der Waals surface area contributed by atoms with Gasteiger partial charge in [0.1, 0.15) is 12.4 Å². The van der Waals surface area contributed by atoms with E-state index in [9.17, 15) is 18.8 Å². The zero-order chi connectivity index (χ0) is 19.0. The fraction of sp³-hybridized carbons (Fsp3) is 0.550. The van der Waals surface area contributed by atoms with E-state index >= 15 is 0 Å². The van der Waals surface area contributed by atoms with Gasteiger partial charge >= 0.3 is 0 Å². The van der Waals surface area contributed by atoms with E-state index in [1.54, 1.807) is 17.0 Å². The van der Waals surface area contributed by atoms with Crippen LogP contribution in [0.1, 0.15) is 37.3 Å². The summed E-state index contributed by atoms with van der Waals surface area (Å²) in [6, 6.07) is 5.91. The van der Waals surface area contributed by atoms with E-state index in [0.29, 0.717) is 25.2 Å². The maximum Gasteiger partial charge on any atom is 0.243 e. The lowest BCUT2D eigenvalue weighted by Gasteiger charge is -2.37. The number of rotatable bonds is 3. The van der Waals surface area contributed by atoms with Crippen LogP contribution in [0.3, 0.4) is 0 Å². The maximum absolute atomic E-state index is 13.6. The Balaban J connectivity index is 0.00000225. The maximum atomic E-state index is 13.6. The molecular formula is C20H25ClFN3O3. The number of hydrogen-bond donors (Lipinski definition) is 1. The lowest BCUT2D eigenvalue weighted by molar-refractivity contribution is -0.148. The number of amides is 3. The Bertz CT molecular complexity index is 751. The molecule has 3 unspecified atom stereocenters. The molecule has 3 aliphatic rings. The number of nitrogens with zero attached hydrogens (tertiary/aromatic N) is 2. The molecule has 152 valence electrons. The van der Waals surface area contributed by atoms with E-state index in [2.05, 4.69) is 5.32 Å². The van der Waals surface area contributed by atoms with Gasteiger partial charge in [-0.05, 0) is 30.5 Å². The first kappa shape index (κ1) is 20.7. The summed E-state index contributed by atoms with van der Waals surface area (Å²) in [5.74, 6) is -1.50. The van der Waals surface area contributed by atoms with E-state index in [4.69, 9.17) is 0 Å². The van der Waals surface area contributed by atoms with Gasteiger partial charge < -0.3 is 10.2 Å². The van der Waals surface area contributed by atoms with Crippen LogP contribution < -0.4 is 5.32 Å². The third-order valence-corrected chi connectivity index (χ3v) is 6.02. The molecule has 2 heterocycles. The highest BCUT2D eigenvalue weighted by Gasteiger charge is 2.49. The van der Waals surface area contributed by atoms with Crippen LogP contribution in [0.5, 0.6) is 0 Å². The van der Waals surface area contributed by atoms with Gasteiger partial charge in [-0.2, -0.15) is 0 Å². The van der Waals surface area contributed by atoms with Gasteiger partial charge in [0.05, 0.1) is 17.9 Å². The molecule has 4 rings (SSSR count). The standard InChI is InChI=1S/C20H24FN3O3.ClH/c21-14-5-3-4-13(10-14)17-11-22-8-9-23(17)18(25)12-24-19(26)15-6-1-2-7-16(15)20(24)27;/h3-5,10,15-17,22H,1-2,6-9,11-12H2;1H. The van der Waals surface area contributed by atoms with E-state index in [1.165, 1.54) is 12.1 Å². The molecule has 1 saturated carbocycles. The van der Waals surface area contributed by atoms with Crippen molar-refractivity contribution in [3.8, 4) is 0 Å². The summed E-state index contributed by atoms with van der Waals surface area (Å²) in [6.45, 7) is 1.40. The fourth-order valence-corrected chi connectivity index (χ4v) is 4.63. The number of fused-ring (bicyclic) bond motifs is 1. The lowest BCUT2D eigenvalue weighted by Crippen LogP contribution is -2.52. The minimum atomic E-state index is -0.348. The SMILES string of the molecule is Cl.O=C1C2CCCCC2C(=O)N1CC(=O)N1CCNCC1c1cccc(F)c1. The predicted molar refractivity (Wildman–Crippen MR) is 103 cm³/mol. The van der Waals surface area contributed by atoms with Gasteiger partial charge in [0.15, 0.2) is 0 Å². The van der Waals surface area contributed by atoms with E-state index in [0.717, 1.165) is 30.6 Å². The van der Waals surface area contributed by atoms with Crippen LogP contribution in [0.15, 0.2) is 24.3 Å². The number of piperazine rings is 1. The van der Waals surface area contributed by atoms with Crippen LogP contribution in [0.25, 0.3) is 0 Å². The molecule has 28 heavy (non-hydrogen) atoms. The van der Waals surface area contributed by atoms with Gasteiger partial charge in [-0.3, -0.25) is 19.3 Å². The van der Waals surface area contributed by atoms with Crippen molar-refractivity contribution in [2.24, 2.45) is 11.8 Å². The van der Waals surface area contributed by atoms with E-state index in [1.807, 2.05) is 0 Å². The third-order valence-electron chi connectivity index (χ3n) is 6.02. The molecule has 3 amide bonds. The largest absolute Gasteiger partial charge is 0.332 e. The molecule has 0 bridgehead atoms. The molecule has 3 atom stereocenters. The first-order chi connectivity index (χ1) is 13.1. The van der Waals surface area contributed by atoms with Crippen LogP contribution in [0.2, 0.25) is 0 Å². The van der Waals surface area contributed by atoms with Crippen LogP contribution in [-0.2, 0) is 14.4 Å². The van der Waals surface area contributed by atoms with Crippen LogP contribution >= 0.6 is 12.4 Å². The number of carbonyl (C=O) groups excluding carboxylic acids is 3. The molecule has 3 fully saturated rings. The molecule has 0 aromatic heterocycles. The highest BCUT2D eigenvalue weighted by molar-refractivity contribution is 6.07. The van der Waals surface area contributed by atoms with Crippen molar-refractivity contribution in [2.45, 2.75) is 31.7 Å². The summed E-state index contributed by atoms with van der Waals surface area (Å²) in [7, 11) is 0. The summed E-state index contributed by atoms with van der Waals surface area (Å²) in [5, 5.41) is 3.23. The van der Waals surface area contributed by atoms with Crippen molar-refractivity contribution in [3.63, 3.8) is 0 Å². The van der Waals surface area contributed by atoms with Gasteiger partial charge in [0.25, 0.3) is 0 Å². The summed E-state index contributed by atoms with van der Waals surface area (Å²) in [5.41, 5.74) is 0.711. The van der Waals surface area contributed by atoms with Crippen molar-refractivity contribution < 1.29 is 18.8 Å². The minimum absolute atomic E-state index is 0. The van der Waals surface area contributed by atoms with Crippen molar-refractivity contribution in [1.29, 1.82) is 0 Å². The molecule has 1 aliphatic carbocycles. The normalized spacial score (nSPS) is 27.4. The lowest BCUT2D eigenvalue weighted by atomic mass is 9.81. The van der Waals surface area contributed by atoms with E-state index < -0.39 is 0 Å². The summed E-state index contributed by atoms with van der Waals surface area (Å²) in [6.07, 6.45) is 3.39. The molecule has 1 N–H and O–H groups in total. The Kier molecular flexibility index (Phi) is 6.35. The van der Waals surface area contributed by atoms with Gasteiger partial charge in [0.2, 0.25) is 17.7 Å². The quantitative estimate of drug-likeness (QED) is 0.774. The number of imide groups is 1. The van der Waals surface area contributed by atoms with Gasteiger partial charge in [-0.15, -0.1) is 12.4 Å². The minimum Gasteiger partial charge on any atom is -0.332 e. The zero-order valence-electron chi connectivity index (χ0n) is 15.6. The Hall–Kier alpha value is -1.99. The number of halogens is 2. The Morgan fingerprint density at radius 3 is 2.46 bits per heavy atom. The van der Waals surface area contributed by atoms with Crippen molar-refractivity contribution >= 4 is 30.1 Å². The summed E-state index contributed by atoms with van der Waals surface area (Å²) in [4.78, 5) is 41.1. The van der Waals surface area contributed by atoms with Gasteiger partial charge in [-0.1, -0.05) is 25.0 Å². The average Bonchev–Trinajstić information content (AvgIpc) is 2.93. The topological polar surface area (TPSA) is 69.7 Å². The molecule has 8 heteroatoms. The van der Waals surface area contributed by atoms with Crippen molar-refractivity contribution in [3.05, 3.63) is 35.6 Å². The molecule has 0 spiro atoms. The average molecular weight is 410 g/mol. The molecule has 6 nitrogen and oxygen atoms in total. The first-order valence-electron chi connectivity index (χ1n) is 9.67. The highest BCUT2D eigenvalue weighted by atomic mass is 35.5. The number of benzene rings is 1. The zero-order valence-corrected chi connectivity index (χ0v) is 16.4. The Labute approximate surface area is 169 Å². The molecule has 1 aromatic rings. The molecular weight excluding hydrogens is 385 g/mol. The number of carbonyl (C=O) groups is 3. The van der Waals surface area contributed by atoms with Gasteiger partial charge in [-0.25, -0.2) is 4.39 Å². The van der Waals surface area contributed by atoms with Crippen molar-refractivity contribution in [1.82, 2.24) is 15.1 Å². The fourth-order valence-electron chi connectivity index (χ4n) is 4.63. The summed E-state index contributed by atoms with van der Waals surface area (Å²) >= 11 is 0. The molecule has 2 aliphatic heterocycles. The predicted octanol–water partition coefficient (Wildman–Crippen LogP) is 1.90. The monoisotopic (exact) mass is 409 g/mol. The second kappa shape index (κ2) is 8.57. The van der Waals surface area contributed by atoms with Gasteiger partial charge in [0, 0.05) is 19.6 Å². The second-order valence-corrected chi connectivity index (χ2v) is 7.62. The van der Waals surface area contributed by atoms with Crippen molar-refractivity contribution in [2.75, 3.05) is 26.2 Å². The van der Waals surface area contributed by atoms with Crippen LogP contribution in [-0.4, -0.2) is 53.7 Å². The molecule has 0 radical (unpaired) electrons. The second-order valence-electron chi connectivity index (χ2n) is 7.62. The number of nitrogens with one attached hydrogen (secondary N) is 1. The Morgan fingerprint density at radius 2 is 1.82 bits per heavy atom.